The van der Waals surface area contributed by atoms with E-state index < -0.39 is 0 Å². The van der Waals surface area contributed by atoms with Crippen LogP contribution in [0.4, 0.5) is 5.69 Å². The first kappa shape index (κ1) is 15.5. The van der Waals surface area contributed by atoms with Gasteiger partial charge in [-0.2, -0.15) is 0 Å². The van der Waals surface area contributed by atoms with E-state index >= 15 is 0 Å². The molecule has 0 radical (unpaired) electrons. The van der Waals surface area contributed by atoms with E-state index in [-0.39, 0.29) is 6.61 Å². The van der Waals surface area contributed by atoms with Gasteiger partial charge in [-0.25, -0.2) is 0 Å². The second-order valence-corrected chi connectivity index (χ2v) is 5.76. The molecule has 1 aromatic carbocycles. The van der Waals surface area contributed by atoms with Gasteiger partial charge in [0.15, 0.2) is 5.11 Å². The van der Waals surface area contributed by atoms with Gasteiger partial charge in [0.25, 0.3) is 0 Å². The molecule has 0 aromatic heterocycles. The maximum atomic E-state index is 8.94. The van der Waals surface area contributed by atoms with E-state index in [1.165, 1.54) is 0 Å². The van der Waals surface area contributed by atoms with E-state index in [0.717, 1.165) is 54.1 Å². The fourth-order valence-corrected chi connectivity index (χ4v) is 2.80. The summed E-state index contributed by atoms with van der Waals surface area (Å²) < 4.78 is 0. The van der Waals surface area contributed by atoms with E-state index in [4.69, 9.17) is 28.9 Å². The van der Waals surface area contributed by atoms with Gasteiger partial charge in [0.1, 0.15) is 0 Å². The van der Waals surface area contributed by atoms with Crippen LogP contribution in [0.1, 0.15) is 5.56 Å². The highest BCUT2D eigenvalue weighted by Crippen LogP contribution is 2.20. The summed E-state index contributed by atoms with van der Waals surface area (Å²) in [7, 11) is 0. The zero-order valence-corrected chi connectivity index (χ0v) is 13.2. The first-order chi connectivity index (χ1) is 9.60. The van der Waals surface area contributed by atoms with Crippen LogP contribution in [0.5, 0.6) is 0 Å². The SMILES string of the molecule is Cc1cc(Cl)ccc1NC(=S)N1CCN(CCO)CC1. The van der Waals surface area contributed by atoms with Crippen molar-refractivity contribution in [2.24, 2.45) is 0 Å². The number of benzene rings is 1. The number of aryl methyl sites for hydroxylation is 1. The first-order valence-electron chi connectivity index (χ1n) is 6.75. The highest BCUT2D eigenvalue weighted by Gasteiger charge is 2.18. The number of nitrogens with zero attached hydrogens (tertiary/aromatic N) is 2. The summed E-state index contributed by atoms with van der Waals surface area (Å²) >= 11 is 11.4. The van der Waals surface area contributed by atoms with Crippen molar-refractivity contribution < 1.29 is 5.11 Å². The molecule has 0 aliphatic carbocycles. The second-order valence-electron chi connectivity index (χ2n) is 4.94. The Hall–Kier alpha value is -0.880. The zero-order valence-electron chi connectivity index (χ0n) is 11.6. The fraction of sp³-hybridized carbons (Fsp3) is 0.500. The van der Waals surface area contributed by atoms with Crippen molar-refractivity contribution in [2.45, 2.75) is 6.92 Å². The molecule has 1 aliphatic rings. The molecule has 6 heteroatoms. The van der Waals surface area contributed by atoms with Crippen molar-refractivity contribution in [3.63, 3.8) is 0 Å². The standard InChI is InChI=1S/C14H20ClN3OS/c1-11-10-12(15)2-3-13(11)16-14(20)18-6-4-17(5-7-18)8-9-19/h2-3,10,19H,4-9H2,1H3,(H,16,20). The van der Waals surface area contributed by atoms with Crippen molar-refractivity contribution in [3.8, 4) is 0 Å². The molecule has 110 valence electrons. The van der Waals surface area contributed by atoms with E-state index in [0.29, 0.717) is 0 Å². The van der Waals surface area contributed by atoms with Gasteiger partial charge in [-0.3, -0.25) is 4.90 Å². The third kappa shape index (κ3) is 4.06. The number of hydrogen-bond donors (Lipinski definition) is 2. The average Bonchev–Trinajstić information content (AvgIpc) is 2.43. The normalized spacial score (nSPS) is 16.2. The lowest BCUT2D eigenvalue weighted by Crippen LogP contribution is -2.50. The van der Waals surface area contributed by atoms with Gasteiger partial charge in [0.2, 0.25) is 0 Å². The summed E-state index contributed by atoms with van der Waals surface area (Å²) in [4.78, 5) is 4.41. The summed E-state index contributed by atoms with van der Waals surface area (Å²) in [6.07, 6.45) is 0. The molecule has 0 unspecified atom stereocenters. The summed E-state index contributed by atoms with van der Waals surface area (Å²) in [5.41, 5.74) is 2.08. The van der Waals surface area contributed by atoms with Crippen molar-refractivity contribution in [3.05, 3.63) is 28.8 Å². The highest BCUT2D eigenvalue weighted by atomic mass is 35.5. The van der Waals surface area contributed by atoms with Gasteiger partial charge in [-0.05, 0) is 42.9 Å². The van der Waals surface area contributed by atoms with Gasteiger partial charge in [-0.1, -0.05) is 11.6 Å². The van der Waals surface area contributed by atoms with Crippen molar-refractivity contribution >= 4 is 34.6 Å². The van der Waals surface area contributed by atoms with Gasteiger partial charge >= 0.3 is 0 Å². The summed E-state index contributed by atoms with van der Waals surface area (Å²) in [5, 5.41) is 13.7. The predicted octanol–water partition coefficient (Wildman–Crippen LogP) is 1.96. The number of aliphatic hydroxyl groups is 1. The molecule has 1 aromatic rings. The number of nitrogens with one attached hydrogen (secondary N) is 1. The zero-order chi connectivity index (χ0) is 14.5. The second kappa shape index (κ2) is 7.22. The minimum atomic E-state index is 0.215. The number of thiocarbonyl (C=S) groups is 1. The Morgan fingerprint density at radius 3 is 2.65 bits per heavy atom. The van der Waals surface area contributed by atoms with E-state index in [9.17, 15) is 0 Å². The first-order valence-corrected chi connectivity index (χ1v) is 7.54. The van der Waals surface area contributed by atoms with Crippen LogP contribution in [-0.2, 0) is 0 Å². The molecule has 1 fully saturated rings. The molecule has 4 nitrogen and oxygen atoms in total. The Bertz CT molecular complexity index is 475. The molecule has 1 saturated heterocycles. The van der Waals surface area contributed by atoms with Gasteiger partial charge < -0.3 is 15.3 Å². The maximum Gasteiger partial charge on any atom is 0.173 e. The van der Waals surface area contributed by atoms with Crippen LogP contribution in [-0.4, -0.2) is 59.3 Å². The molecule has 1 aliphatic heterocycles. The van der Waals surface area contributed by atoms with E-state index in [2.05, 4.69) is 15.1 Å². The van der Waals surface area contributed by atoms with Crippen LogP contribution in [0.25, 0.3) is 0 Å². The maximum absolute atomic E-state index is 8.94. The summed E-state index contributed by atoms with van der Waals surface area (Å²) in [5.74, 6) is 0. The Morgan fingerprint density at radius 2 is 2.05 bits per heavy atom. The molecule has 0 spiro atoms. The molecule has 0 saturated carbocycles. The van der Waals surface area contributed by atoms with Crippen LogP contribution in [0.3, 0.4) is 0 Å². The van der Waals surface area contributed by atoms with Gasteiger partial charge in [-0.15, -0.1) is 0 Å². The lowest BCUT2D eigenvalue weighted by molar-refractivity contribution is 0.148. The Kier molecular flexibility index (Phi) is 5.60. The van der Waals surface area contributed by atoms with Crippen LogP contribution < -0.4 is 5.32 Å². The molecule has 0 atom stereocenters. The Balaban J connectivity index is 1.89. The molecule has 0 bridgehead atoms. The number of β-amino-alcohol motifs (C(OH)–C–C–N with tert-alkyl or cyclic N) is 1. The van der Waals surface area contributed by atoms with Gasteiger partial charge in [0, 0.05) is 43.4 Å². The highest BCUT2D eigenvalue weighted by molar-refractivity contribution is 7.80. The smallest absolute Gasteiger partial charge is 0.173 e. The Labute approximate surface area is 130 Å². The summed E-state index contributed by atoms with van der Waals surface area (Å²) in [6, 6.07) is 5.73. The number of aliphatic hydroxyl groups excluding tert-OH is 1. The molecule has 1 heterocycles. The lowest BCUT2D eigenvalue weighted by atomic mass is 10.2. The van der Waals surface area contributed by atoms with E-state index in [1.54, 1.807) is 0 Å². The van der Waals surface area contributed by atoms with Crippen molar-refractivity contribution in [1.82, 2.24) is 9.80 Å². The van der Waals surface area contributed by atoms with Crippen LogP contribution >= 0.6 is 23.8 Å². The molecular formula is C14H20ClN3OS. The minimum absolute atomic E-state index is 0.215. The average molecular weight is 314 g/mol. The number of hydrogen-bond acceptors (Lipinski definition) is 3. The number of halogens is 1. The third-order valence-electron chi connectivity index (χ3n) is 3.51. The molecule has 20 heavy (non-hydrogen) atoms. The molecular weight excluding hydrogens is 294 g/mol. The van der Waals surface area contributed by atoms with Crippen LogP contribution in [0.2, 0.25) is 5.02 Å². The molecule has 0 amide bonds. The van der Waals surface area contributed by atoms with Gasteiger partial charge in [0.05, 0.1) is 6.61 Å². The van der Waals surface area contributed by atoms with Crippen molar-refractivity contribution in [2.75, 3.05) is 44.6 Å². The molecule has 2 N–H and O–H groups in total. The number of anilines is 1. The largest absolute Gasteiger partial charge is 0.395 e. The fourth-order valence-electron chi connectivity index (χ4n) is 2.28. The lowest BCUT2D eigenvalue weighted by Gasteiger charge is -2.36. The van der Waals surface area contributed by atoms with E-state index in [1.807, 2.05) is 25.1 Å². The molecule has 2 rings (SSSR count). The predicted molar refractivity (Wildman–Crippen MR) is 87.5 cm³/mol. The number of piperazine rings is 1. The van der Waals surface area contributed by atoms with Crippen molar-refractivity contribution in [1.29, 1.82) is 0 Å². The summed E-state index contributed by atoms with van der Waals surface area (Å²) in [6.45, 7) is 6.61. The topological polar surface area (TPSA) is 38.7 Å². The Morgan fingerprint density at radius 1 is 1.35 bits per heavy atom. The number of rotatable bonds is 3. The minimum Gasteiger partial charge on any atom is -0.395 e. The van der Waals surface area contributed by atoms with Crippen LogP contribution in [0, 0.1) is 6.92 Å². The quantitative estimate of drug-likeness (QED) is 0.835. The third-order valence-corrected chi connectivity index (χ3v) is 4.10. The van der Waals surface area contributed by atoms with Crippen LogP contribution in [0.15, 0.2) is 18.2 Å². The monoisotopic (exact) mass is 313 g/mol.